The molecule has 1 aliphatic rings. The van der Waals surface area contributed by atoms with Gasteiger partial charge in [-0.15, -0.1) is 0 Å². The Balaban J connectivity index is 1.98. The number of esters is 1. The molecule has 1 aliphatic heterocycles. The minimum Gasteiger partial charge on any atom is -0.465 e. The highest BCUT2D eigenvalue weighted by molar-refractivity contribution is 7.89. The highest BCUT2D eigenvalue weighted by Gasteiger charge is 2.23. The minimum absolute atomic E-state index is 0.0761. The average molecular weight is 302 g/mol. The van der Waals surface area contributed by atoms with Gasteiger partial charge in [-0.05, 0) is 31.8 Å². The lowest BCUT2D eigenvalue weighted by Crippen LogP contribution is -2.38. The number of methoxy groups -OCH3 is 1. The Labute approximate surface area is 117 Å². The summed E-state index contributed by atoms with van der Waals surface area (Å²) in [5, 5.41) is 2.94. The van der Waals surface area contributed by atoms with Crippen LogP contribution < -0.4 is 10.0 Å². The van der Waals surface area contributed by atoms with E-state index in [0.29, 0.717) is 6.54 Å². The molecule has 1 saturated heterocycles. The Morgan fingerprint density at radius 3 is 3.05 bits per heavy atom. The number of piperidine rings is 1. The first-order valence-corrected chi connectivity index (χ1v) is 7.88. The molecule has 2 rings (SSSR count). The number of hydrogen-bond acceptors (Lipinski definition) is 6. The molecule has 2 heterocycles. The molecule has 0 aliphatic carbocycles. The van der Waals surface area contributed by atoms with Crippen molar-refractivity contribution >= 4 is 16.0 Å². The van der Waals surface area contributed by atoms with Gasteiger partial charge in [0.05, 0.1) is 12.7 Å². The molecule has 112 valence electrons. The average Bonchev–Trinajstić information content (AvgIpc) is 2.96. The van der Waals surface area contributed by atoms with Crippen LogP contribution in [0, 0.1) is 5.92 Å². The van der Waals surface area contributed by atoms with Crippen LogP contribution in [0.25, 0.3) is 0 Å². The molecule has 1 aromatic heterocycles. The molecule has 1 aromatic rings. The lowest BCUT2D eigenvalue weighted by Gasteiger charge is -2.22. The molecule has 0 amide bonds. The maximum absolute atomic E-state index is 12.0. The number of carbonyl (C=O) groups excluding carboxylic acids is 1. The van der Waals surface area contributed by atoms with Gasteiger partial charge in [-0.2, -0.15) is 0 Å². The number of hydrogen-bond donors (Lipinski definition) is 2. The van der Waals surface area contributed by atoms with Gasteiger partial charge in [-0.1, -0.05) is 0 Å². The number of furan rings is 1. The van der Waals surface area contributed by atoms with Crippen molar-refractivity contribution in [3.63, 3.8) is 0 Å². The summed E-state index contributed by atoms with van der Waals surface area (Å²) in [6, 6.07) is 1.16. The third-order valence-corrected chi connectivity index (χ3v) is 4.51. The van der Waals surface area contributed by atoms with Crippen molar-refractivity contribution in [3.8, 4) is 0 Å². The van der Waals surface area contributed by atoms with Gasteiger partial charge < -0.3 is 14.5 Å². The SMILES string of the molecule is COC(=O)c1coc(S(=O)(=O)NCC2CCCNC2)c1. The van der Waals surface area contributed by atoms with E-state index in [1.54, 1.807) is 0 Å². The predicted molar refractivity (Wildman–Crippen MR) is 70.8 cm³/mol. The molecule has 7 nitrogen and oxygen atoms in total. The number of rotatable bonds is 5. The zero-order valence-electron chi connectivity index (χ0n) is 11.2. The Hall–Kier alpha value is -1.38. The van der Waals surface area contributed by atoms with Crippen LogP contribution in [0.1, 0.15) is 23.2 Å². The van der Waals surface area contributed by atoms with E-state index in [9.17, 15) is 13.2 Å². The second-order valence-corrected chi connectivity index (χ2v) is 6.41. The van der Waals surface area contributed by atoms with Crippen molar-refractivity contribution in [1.29, 1.82) is 0 Å². The second kappa shape index (κ2) is 6.38. The Kier molecular flexibility index (Phi) is 4.79. The van der Waals surface area contributed by atoms with Gasteiger partial charge in [-0.3, -0.25) is 0 Å². The molecule has 8 heteroatoms. The molecule has 1 fully saturated rings. The highest BCUT2D eigenvalue weighted by atomic mass is 32.2. The molecular formula is C12H18N2O5S. The Bertz CT molecular complexity index is 560. The molecule has 0 aromatic carbocycles. The first-order chi connectivity index (χ1) is 9.53. The van der Waals surface area contributed by atoms with Crippen LogP contribution in [-0.4, -0.2) is 41.1 Å². The monoisotopic (exact) mass is 302 g/mol. The van der Waals surface area contributed by atoms with Crippen LogP contribution in [-0.2, 0) is 14.8 Å². The van der Waals surface area contributed by atoms with E-state index in [-0.39, 0.29) is 16.6 Å². The van der Waals surface area contributed by atoms with Crippen LogP contribution in [0.3, 0.4) is 0 Å². The number of nitrogens with one attached hydrogen (secondary N) is 2. The summed E-state index contributed by atoms with van der Waals surface area (Å²) >= 11 is 0. The summed E-state index contributed by atoms with van der Waals surface area (Å²) < 4.78 is 36.0. The lowest BCUT2D eigenvalue weighted by molar-refractivity contribution is 0.0600. The Morgan fingerprint density at radius 1 is 1.60 bits per heavy atom. The summed E-state index contributed by atoms with van der Waals surface area (Å²) in [5.41, 5.74) is 0.0761. The highest BCUT2D eigenvalue weighted by Crippen LogP contribution is 2.15. The smallest absolute Gasteiger partial charge is 0.341 e. The number of carbonyl (C=O) groups is 1. The van der Waals surface area contributed by atoms with E-state index in [0.717, 1.165) is 38.3 Å². The molecule has 0 radical (unpaired) electrons. The van der Waals surface area contributed by atoms with Gasteiger partial charge >= 0.3 is 5.97 Å². The normalized spacial score (nSPS) is 19.8. The van der Waals surface area contributed by atoms with Crippen LogP contribution >= 0.6 is 0 Å². The van der Waals surface area contributed by atoms with Crippen molar-refractivity contribution in [1.82, 2.24) is 10.0 Å². The topological polar surface area (TPSA) is 97.6 Å². The maximum Gasteiger partial charge on any atom is 0.341 e. The zero-order chi connectivity index (χ0) is 14.6. The van der Waals surface area contributed by atoms with Crippen LogP contribution in [0.5, 0.6) is 0 Å². The maximum atomic E-state index is 12.0. The largest absolute Gasteiger partial charge is 0.465 e. The molecule has 0 spiro atoms. The summed E-state index contributed by atoms with van der Waals surface area (Å²) in [4.78, 5) is 11.3. The molecule has 2 N–H and O–H groups in total. The molecule has 1 unspecified atom stereocenters. The summed E-state index contributed by atoms with van der Waals surface area (Å²) in [7, 11) is -2.51. The van der Waals surface area contributed by atoms with Gasteiger partial charge in [0.2, 0.25) is 5.09 Å². The fourth-order valence-corrected chi connectivity index (χ4v) is 3.13. The standard InChI is InChI=1S/C12H18N2O5S/c1-18-12(15)10-5-11(19-8-10)20(16,17)14-7-9-3-2-4-13-6-9/h5,8-9,13-14H,2-4,6-7H2,1H3. The quantitative estimate of drug-likeness (QED) is 0.761. The van der Waals surface area contributed by atoms with E-state index in [1.807, 2.05) is 0 Å². The first kappa shape index (κ1) is 15.0. The van der Waals surface area contributed by atoms with Crippen molar-refractivity contribution in [2.75, 3.05) is 26.7 Å². The van der Waals surface area contributed by atoms with Crippen molar-refractivity contribution in [2.45, 2.75) is 17.9 Å². The van der Waals surface area contributed by atoms with Crippen LogP contribution in [0.15, 0.2) is 21.8 Å². The molecule has 0 bridgehead atoms. The number of ether oxygens (including phenoxy) is 1. The van der Waals surface area contributed by atoms with Crippen molar-refractivity contribution in [3.05, 3.63) is 17.9 Å². The van der Waals surface area contributed by atoms with Gasteiger partial charge in [0, 0.05) is 12.6 Å². The van der Waals surface area contributed by atoms with Gasteiger partial charge in [0.1, 0.15) is 6.26 Å². The minimum atomic E-state index is -3.73. The van der Waals surface area contributed by atoms with Gasteiger partial charge in [0.25, 0.3) is 10.0 Å². The molecule has 0 saturated carbocycles. The lowest BCUT2D eigenvalue weighted by atomic mass is 10.0. The summed E-state index contributed by atoms with van der Waals surface area (Å²) in [6.45, 7) is 2.13. The fourth-order valence-electron chi connectivity index (χ4n) is 2.08. The third kappa shape index (κ3) is 3.59. The summed E-state index contributed by atoms with van der Waals surface area (Å²) in [6.07, 6.45) is 3.10. The van der Waals surface area contributed by atoms with Crippen LogP contribution in [0.4, 0.5) is 0 Å². The van der Waals surface area contributed by atoms with Crippen molar-refractivity contribution in [2.24, 2.45) is 5.92 Å². The van der Waals surface area contributed by atoms with Crippen molar-refractivity contribution < 1.29 is 22.4 Å². The third-order valence-electron chi connectivity index (χ3n) is 3.22. The fraction of sp³-hybridized carbons (Fsp3) is 0.583. The van der Waals surface area contributed by atoms with E-state index in [4.69, 9.17) is 4.42 Å². The van der Waals surface area contributed by atoms with Crippen LogP contribution in [0.2, 0.25) is 0 Å². The predicted octanol–water partition coefficient (Wildman–Crippen LogP) is 0.344. The van der Waals surface area contributed by atoms with E-state index in [2.05, 4.69) is 14.8 Å². The van der Waals surface area contributed by atoms with Gasteiger partial charge in [-0.25, -0.2) is 17.9 Å². The van der Waals surface area contributed by atoms with E-state index >= 15 is 0 Å². The zero-order valence-corrected chi connectivity index (χ0v) is 12.0. The first-order valence-electron chi connectivity index (χ1n) is 6.40. The number of sulfonamides is 1. The second-order valence-electron chi connectivity index (χ2n) is 4.71. The van der Waals surface area contributed by atoms with E-state index in [1.165, 1.54) is 7.11 Å². The summed E-state index contributed by atoms with van der Waals surface area (Å²) in [5.74, 6) is -0.361. The van der Waals surface area contributed by atoms with E-state index < -0.39 is 16.0 Å². The van der Waals surface area contributed by atoms with Gasteiger partial charge in [0.15, 0.2) is 0 Å². The Morgan fingerprint density at radius 2 is 2.40 bits per heavy atom. The molecule has 20 heavy (non-hydrogen) atoms. The molecular weight excluding hydrogens is 284 g/mol. The molecule has 1 atom stereocenters.